The average Bonchev–Trinajstić information content (AvgIpc) is 3.21. The van der Waals surface area contributed by atoms with Gasteiger partial charge in [0.25, 0.3) is 0 Å². The van der Waals surface area contributed by atoms with Crippen LogP contribution in [-0.4, -0.2) is 13.3 Å². The van der Waals surface area contributed by atoms with Crippen molar-refractivity contribution in [3.8, 4) is 22.3 Å². The van der Waals surface area contributed by atoms with Crippen molar-refractivity contribution in [2.24, 2.45) is 0 Å². The molecule has 0 aromatic heterocycles. The third-order valence-electron chi connectivity index (χ3n) is 10.7. The Morgan fingerprint density at radius 2 is 0.596 bits per heavy atom. The van der Waals surface area contributed by atoms with Crippen LogP contribution in [0.5, 0.6) is 0 Å². The van der Waals surface area contributed by atoms with Crippen molar-refractivity contribution in [1.29, 1.82) is 0 Å². The minimum atomic E-state index is -0.570. The molecule has 2 nitrogen and oxygen atoms in total. The third kappa shape index (κ3) is 4.94. The number of fused-ring (bicyclic) bond motifs is 4. The van der Waals surface area contributed by atoms with Crippen molar-refractivity contribution in [3.05, 3.63) is 182 Å². The van der Waals surface area contributed by atoms with Crippen molar-refractivity contribution in [3.63, 3.8) is 0 Å². The van der Waals surface area contributed by atoms with E-state index in [0.29, 0.717) is 0 Å². The summed E-state index contributed by atoms with van der Waals surface area (Å²) in [6, 6.07) is 67.0. The average molecular weight is 703 g/mol. The lowest BCUT2D eigenvalue weighted by Gasteiger charge is -2.34. The van der Waals surface area contributed by atoms with Crippen molar-refractivity contribution >= 4 is 82.0 Å². The molecule has 0 bridgehead atoms. The third-order valence-corrected chi connectivity index (χ3v) is 15.1. The first-order valence-electron chi connectivity index (χ1n) is 17.8. The Kier molecular flexibility index (Phi) is 7.57. The minimum absolute atomic E-state index is 0.570. The summed E-state index contributed by atoms with van der Waals surface area (Å²) in [5, 5.41) is 8.80. The van der Waals surface area contributed by atoms with Gasteiger partial charge in [-0.05, 0) is 156 Å². The predicted octanol–water partition coefficient (Wildman–Crippen LogP) is 11.9. The largest absolute Gasteiger partial charge is 0.310 e. The standard InChI is InChI=1S/C48H36N2P2/c1-51-43-29-30-44-48-42(40-26-24-38(32-46(40)52(44)2)50(35-19-11-5-12-20-35)36-21-13-6-14-22-36)28-27-41(47(43)48)39-25-23-37(31-45(39)51)49(33-15-7-3-8-16-33)34-17-9-4-10-18-34/h3-32H,1-2H3. The van der Waals surface area contributed by atoms with Gasteiger partial charge in [0.2, 0.25) is 0 Å². The Morgan fingerprint density at radius 1 is 0.288 bits per heavy atom. The molecule has 2 aliphatic heterocycles. The van der Waals surface area contributed by atoms with Gasteiger partial charge in [-0.3, -0.25) is 0 Å². The Bertz CT molecular complexity index is 2350. The zero-order valence-corrected chi connectivity index (χ0v) is 30.9. The molecule has 2 unspecified atom stereocenters. The van der Waals surface area contributed by atoms with Gasteiger partial charge in [0.1, 0.15) is 0 Å². The highest BCUT2D eigenvalue weighted by Crippen LogP contribution is 2.52. The minimum Gasteiger partial charge on any atom is -0.310 e. The van der Waals surface area contributed by atoms with E-state index >= 15 is 0 Å². The maximum Gasteiger partial charge on any atom is 0.0468 e. The van der Waals surface area contributed by atoms with Crippen LogP contribution in [0.4, 0.5) is 34.1 Å². The summed E-state index contributed by atoms with van der Waals surface area (Å²) in [6.45, 7) is 4.92. The Balaban J connectivity index is 1.11. The van der Waals surface area contributed by atoms with Crippen LogP contribution in [-0.2, 0) is 0 Å². The highest BCUT2D eigenvalue weighted by molar-refractivity contribution is 7.74. The molecule has 2 atom stereocenters. The van der Waals surface area contributed by atoms with Gasteiger partial charge in [0, 0.05) is 34.1 Å². The quantitative estimate of drug-likeness (QED) is 0.159. The van der Waals surface area contributed by atoms with Crippen molar-refractivity contribution in [2.75, 3.05) is 23.1 Å². The number of hydrogen-bond donors (Lipinski definition) is 0. The Labute approximate surface area is 308 Å². The molecule has 0 fully saturated rings. The summed E-state index contributed by atoms with van der Waals surface area (Å²) in [6.07, 6.45) is 0. The summed E-state index contributed by atoms with van der Waals surface area (Å²) in [5.41, 5.74) is 12.5. The highest BCUT2D eigenvalue weighted by atomic mass is 31.1. The molecular weight excluding hydrogens is 666 g/mol. The molecule has 8 aromatic carbocycles. The zero-order chi connectivity index (χ0) is 34.8. The van der Waals surface area contributed by atoms with Gasteiger partial charge in [-0.2, -0.15) is 0 Å². The van der Waals surface area contributed by atoms with Crippen LogP contribution in [0.3, 0.4) is 0 Å². The fraction of sp³-hybridized carbons (Fsp3) is 0.0417. The number of rotatable bonds is 6. The van der Waals surface area contributed by atoms with E-state index in [-0.39, 0.29) is 0 Å². The molecule has 0 amide bonds. The lowest BCUT2D eigenvalue weighted by Crippen LogP contribution is -2.26. The second kappa shape index (κ2) is 12.6. The van der Waals surface area contributed by atoms with Crippen LogP contribution in [0.25, 0.3) is 33.0 Å². The molecule has 10 rings (SSSR count). The first-order chi connectivity index (χ1) is 25.7. The van der Waals surface area contributed by atoms with Gasteiger partial charge in [-0.15, -0.1) is 0 Å². The van der Waals surface area contributed by atoms with Crippen LogP contribution >= 0.6 is 15.8 Å². The van der Waals surface area contributed by atoms with Gasteiger partial charge in [-0.25, -0.2) is 0 Å². The molecule has 8 aromatic rings. The van der Waals surface area contributed by atoms with Crippen molar-refractivity contribution < 1.29 is 0 Å². The van der Waals surface area contributed by atoms with Crippen LogP contribution < -0.4 is 31.0 Å². The molecular formula is C48H36N2P2. The molecule has 0 aliphatic carbocycles. The van der Waals surface area contributed by atoms with Crippen LogP contribution in [0.2, 0.25) is 0 Å². The van der Waals surface area contributed by atoms with E-state index in [1.807, 2.05) is 0 Å². The molecule has 0 N–H and O–H groups in total. The van der Waals surface area contributed by atoms with Crippen LogP contribution in [0.1, 0.15) is 0 Å². The lowest BCUT2D eigenvalue weighted by molar-refractivity contribution is 1.29. The summed E-state index contributed by atoms with van der Waals surface area (Å²) in [7, 11) is -1.14. The molecule has 0 saturated heterocycles. The SMILES string of the molecule is CP1c2cc(N(c3ccccc3)c3ccccc3)ccc2-c2ccc3c4c(ccc1c24)P(C)c1cc(N(c2ccccc2)c2ccccc2)ccc1-3. The summed E-state index contributed by atoms with van der Waals surface area (Å²) >= 11 is 0. The van der Waals surface area contributed by atoms with E-state index in [4.69, 9.17) is 0 Å². The zero-order valence-electron chi connectivity index (χ0n) is 29.1. The van der Waals surface area contributed by atoms with Gasteiger partial charge in [-0.1, -0.05) is 109 Å². The molecule has 0 spiro atoms. The maximum absolute atomic E-state index is 2.46. The van der Waals surface area contributed by atoms with Crippen LogP contribution in [0, 0.1) is 0 Å². The van der Waals surface area contributed by atoms with E-state index in [1.165, 1.54) is 65.6 Å². The summed E-state index contributed by atoms with van der Waals surface area (Å²) in [5.74, 6) is 0. The summed E-state index contributed by atoms with van der Waals surface area (Å²) in [4.78, 5) is 4.76. The molecule has 2 aliphatic rings. The first kappa shape index (κ1) is 31.2. The normalized spacial score (nSPS) is 15.1. The van der Waals surface area contributed by atoms with E-state index < -0.39 is 15.8 Å². The fourth-order valence-electron chi connectivity index (χ4n) is 8.26. The van der Waals surface area contributed by atoms with Gasteiger partial charge < -0.3 is 9.80 Å². The van der Waals surface area contributed by atoms with E-state index in [1.54, 1.807) is 0 Å². The highest BCUT2D eigenvalue weighted by Gasteiger charge is 2.32. The summed E-state index contributed by atoms with van der Waals surface area (Å²) < 4.78 is 0. The molecule has 4 heteroatoms. The molecule has 0 radical (unpaired) electrons. The van der Waals surface area contributed by atoms with E-state index in [9.17, 15) is 0 Å². The smallest absolute Gasteiger partial charge is 0.0468 e. The second-order valence-corrected chi connectivity index (χ2v) is 17.7. The topological polar surface area (TPSA) is 6.48 Å². The monoisotopic (exact) mass is 702 g/mol. The number of nitrogens with zero attached hydrogens (tertiary/aromatic N) is 2. The van der Waals surface area contributed by atoms with Gasteiger partial charge in [0.05, 0.1) is 0 Å². The number of hydrogen-bond acceptors (Lipinski definition) is 2. The maximum atomic E-state index is 2.46. The molecule has 52 heavy (non-hydrogen) atoms. The van der Waals surface area contributed by atoms with E-state index in [2.05, 4.69) is 205 Å². The second-order valence-electron chi connectivity index (χ2n) is 13.5. The molecule has 0 saturated carbocycles. The molecule has 248 valence electrons. The predicted molar refractivity (Wildman–Crippen MR) is 228 cm³/mol. The van der Waals surface area contributed by atoms with Crippen LogP contribution in [0.15, 0.2) is 182 Å². The lowest BCUT2D eigenvalue weighted by atomic mass is 9.91. The van der Waals surface area contributed by atoms with Crippen molar-refractivity contribution in [2.45, 2.75) is 0 Å². The number of para-hydroxylation sites is 4. The number of anilines is 6. The first-order valence-corrected chi connectivity index (χ1v) is 21.4. The van der Waals surface area contributed by atoms with Gasteiger partial charge >= 0.3 is 0 Å². The number of benzene rings is 8. The van der Waals surface area contributed by atoms with Crippen molar-refractivity contribution in [1.82, 2.24) is 0 Å². The molecule has 2 heterocycles. The Morgan fingerprint density at radius 3 is 0.923 bits per heavy atom. The van der Waals surface area contributed by atoms with Gasteiger partial charge in [0.15, 0.2) is 0 Å². The Hall–Kier alpha value is -5.52. The fourth-order valence-corrected chi connectivity index (χ4v) is 12.3. The van der Waals surface area contributed by atoms with E-state index in [0.717, 1.165) is 22.7 Å².